The van der Waals surface area contributed by atoms with Gasteiger partial charge in [0.1, 0.15) is 12.2 Å². The number of nitrogens with zero attached hydrogens (tertiary/aromatic N) is 4. The van der Waals surface area contributed by atoms with Crippen LogP contribution in [0.2, 0.25) is 0 Å². The maximum atomic E-state index is 11.1. The average molecular weight is 205 g/mol. The molecule has 0 saturated heterocycles. The van der Waals surface area contributed by atoms with Crippen molar-refractivity contribution >= 4 is 17.4 Å². The largest absolute Gasteiger partial charge is 0.476 e. The van der Waals surface area contributed by atoms with Gasteiger partial charge < -0.3 is 10.1 Å². The summed E-state index contributed by atoms with van der Waals surface area (Å²) in [6.07, 6.45) is 1.55. The van der Waals surface area contributed by atoms with E-state index in [-0.39, 0.29) is 12.5 Å². The highest BCUT2D eigenvalue weighted by molar-refractivity contribution is 5.95. The highest BCUT2D eigenvalue weighted by Crippen LogP contribution is 2.29. The first-order valence-corrected chi connectivity index (χ1v) is 4.38. The minimum absolute atomic E-state index is 0.0136. The van der Waals surface area contributed by atoms with Crippen LogP contribution in [0.25, 0.3) is 5.65 Å². The van der Waals surface area contributed by atoms with Crippen LogP contribution in [0.4, 0.5) is 5.82 Å². The van der Waals surface area contributed by atoms with Crippen molar-refractivity contribution in [3.63, 3.8) is 0 Å². The first-order valence-electron chi connectivity index (χ1n) is 4.38. The van der Waals surface area contributed by atoms with Crippen LogP contribution in [0.3, 0.4) is 0 Å². The Bertz CT molecular complexity index is 561. The topological polar surface area (TPSA) is 81.4 Å². The van der Waals surface area contributed by atoms with Gasteiger partial charge in [0.05, 0.1) is 0 Å². The number of carbonyl (C=O) groups is 1. The van der Waals surface area contributed by atoms with E-state index in [0.717, 1.165) is 0 Å². The van der Waals surface area contributed by atoms with Crippen LogP contribution in [-0.4, -0.2) is 32.1 Å². The maximum Gasteiger partial charge on any atom is 0.263 e. The number of carbonyl (C=O) groups excluding carboxylic acids is 1. The number of hydrogen-bond donors (Lipinski definition) is 1. The molecule has 7 nitrogen and oxygen atoms in total. The second-order valence-corrected chi connectivity index (χ2v) is 3.20. The molecule has 1 aliphatic heterocycles. The number of rotatable bonds is 0. The van der Waals surface area contributed by atoms with Gasteiger partial charge in [-0.05, 0) is 6.92 Å². The van der Waals surface area contributed by atoms with Crippen molar-refractivity contribution in [2.24, 2.45) is 0 Å². The summed E-state index contributed by atoms with van der Waals surface area (Å²) in [6, 6.07) is 0. The van der Waals surface area contributed by atoms with E-state index < -0.39 is 0 Å². The Morgan fingerprint density at radius 1 is 1.60 bits per heavy atom. The lowest BCUT2D eigenvalue weighted by Gasteiger charge is -2.17. The summed E-state index contributed by atoms with van der Waals surface area (Å²) in [4.78, 5) is 15.3. The molecule has 7 heteroatoms. The molecule has 1 N–H and O–H groups in total. The van der Waals surface area contributed by atoms with Gasteiger partial charge in [0.25, 0.3) is 5.91 Å². The molecule has 0 radical (unpaired) electrons. The summed E-state index contributed by atoms with van der Waals surface area (Å²) in [6.45, 7) is 1.79. The van der Waals surface area contributed by atoms with Crippen LogP contribution in [0.15, 0.2) is 6.33 Å². The van der Waals surface area contributed by atoms with E-state index in [2.05, 4.69) is 20.5 Å². The minimum atomic E-state index is -0.210. The third-order valence-electron chi connectivity index (χ3n) is 2.19. The van der Waals surface area contributed by atoms with Gasteiger partial charge in [-0.2, -0.15) is 0 Å². The molecule has 2 aromatic rings. The van der Waals surface area contributed by atoms with Gasteiger partial charge in [-0.1, -0.05) is 0 Å². The number of hydrogen-bond acceptors (Lipinski definition) is 5. The Hall–Kier alpha value is -2.18. The molecule has 0 bridgehead atoms. The van der Waals surface area contributed by atoms with Crippen molar-refractivity contribution in [3.05, 3.63) is 12.2 Å². The van der Waals surface area contributed by atoms with Gasteiger partial charge in [0.2, 0.25) is 11.4 Å². The molecule has 0 fully saturated rings. The Morgan fingerprint density at radius 3 is 3.33 bits per heavy atom. The second-order valence-electron chi connectivity index (χ2n) is 3.20. The van der Waals surface area contributed by atoms with Crippen molar-refractivity contribution in [1.29, 1.82) is 0 Å². The zero-order valence-corrected chi connectivity index (χ0v) is 7.89. The first kappa shape index (κ1) is 8.16. The number of ether oxygens (including phenoxy) is 1. The molecule has 0 saturated carbocycles. The standard InChI is InChI=1S/C8H7N5O2/c1-4-10-7-6(15-2-5(14)11-7)8-12-9-3-13(4)8/h3H,2H2,1H3,(H,11,14). The fourth-order valence-corrected chi connectivity index (χ4v) is 1.52. The summed E-state index contributed by atoms with van der Waals surface area (Å²) in [5, 5.41) is 10.3. The van der Waals surface area contributed by atoms with Crippen molar-refractivity contribution in [1.82, 2.24) is 19.6 Å². The van der Waals surface area contributed by atoms with Gasteiger partial charge in [0.15, 0.2) is 12.4 Å². The molecule has 3 heterocycles. The van der Waals surface area contributed by atoms with Crippen LogP contribution in [-0.2, 0) is 4.79 Å². The summed E-state index contributed by atoms with van der Waals surface area (Å²) in [7, 11) is 0. The quantitative estimate of drug-likeness (QED) is 0.642. The van der Waals surface area contributed by atoms with Crippen molar-refractivity contribution < 1.29 is 9.53 Å². The molecule has 76 valence electrons. The molecule has 0 atom stereocenters. The number of amides is 1. The summed E-state index contributed by atoms with van der Waals surface area (Å²) < 4.78 is 6.97. The maximum absolute atomic E-state index is 11.1. The number of aryl methyl sites for hydroxylation is 1. The Labute approximate surface area is 84.1 Å². The van der Waals surface area contributed by atoms with Gasteiger partial charge in [-0.25, -0.2) is 4.98 Å². The van der Waals surface area contributed by atoms with Gasteiger partial charge >= 0.3 is 0 Å². The lowest BCUT2D eigenvalue weighted by atomic mass is 10.4. The van der Waals surface area contributed by atoms with Crippen molar-refractivity contribution in [2.75, 3.05) is 11.9 Å². The van der Waals surface area contributed by atoms with Crippen LogP contribution < -0.4 is 10.1 Å². The Morgan fingerprint density at radius 2 is 2.47 bits per heavy atom. The molecule has 3 rings (SSSR count). The second kappa shape index (κ2) is 2.66. The van der Waals surface area contributed by atoms with Crippen molar-refractivity contribution in [3.8, 4) is 5.75 Å². The molecule has 15 heavy (non-hydrogen) atoms. The lowest BCUT2D eigenvalue weighted by Crippen LogP contribution is -2.27. The molecular formula is C8H7N5O2. The van der Waals surface area contributed by atoms with Crippen LogP contribution in [0, 0.1) is 6.92 Å². The molecule has 1 amide bonds. The number of aromatic nitrogens is 4. The average Bonchev–Trinajstić information content (AvgIpc) is 2.66. The lowest BCUT2D eigenvalue weighted by molar-refractivity contribution is -0.118. The molecule has 0 unspecified atom stereocenters. The number of fused-ring (bicyclic) bond motifs is 3. The minimum Gasteiger partial charge on any atom is -0.476 e. The smallest absolute Gasteiger partial charge is 0.263 e. The third kappa shape index (κ3) is 1.06. The normalized spacial score (nSPS) is 14.6. The Balaban J connectivity index is 2.34. The van der Waals surface area contributed by atoms with E-state index in [1.54, 1.807) is 17.7 Å². The molecule has 0 aromatic carbocycles. The fourth-order valence-electron chi connectivity index (χ4n) is 1.52. The molecule has 2 aromatic heterocycles. The van der Waals surface area contributed by atoms with Crippen molar-refractivity contribution in [2.45, 2.75) is 6.92 Å². The van der Waals surface area contributed by atoms with Gasteiger partial charge in [-0.15, -0.1) is 10.2 Å². The van der Waals surface area contributed by atoms with Crippen LogP contribution in [0.5, 0.6) is 5.75 Å². The number of nitrogens with one attached hydrogen (secondary N) is 1. The summed E-state index contributed by atoms with van der Waals surface area (Å²) in [5.74, 6) is 1.36. The van der Waals surface area contributed by atoms with E-state index >= 15 is 0 Å². The Kier molecular flexibility index (Phi) is 1.44. The summed E-state index contributed by atoms with van der Waals surface area (Å²) in [5.41, 5.74) is 0.567. The zero-order chi connectivity index (χ0) is 10.4. The van der Waals surface area contributed by atoms with E-state index in [4.69, 9.17) is 4.74 Å². The van der Waals surface area contributed by atoms with Gasteiger partial charge in [0, 0.05) is 0 Å². The van der Waals surface area contributed by atoms with E-state index in [1.165, 1.54) is 0 Å². The highest BCUT2D eigenvalue weighted by Gasteiger charge is 2.22. The third-order valence-corrected chi connectivity index (χ3v) is 2.19. The molecule has 1 aliphatic rings. The monoisotopic (exact) mass is 205 g/mol. The van der Waals surface area contributed by atoms with E-state index in [0.29, 0.717) is 23.0 Å². The summed E-state index contributed by atoms with van der Waals surface area (Å²) >= 11 is 0. The first-order chi connectivity index (χ1) is 7.25. The fraction of sp³-hybridized carbons (Fsp3) is 0.250. The predicted molar refractivity (Wildman–Crippen MR) is 49.6 cm³/mol. The molecule has 0 spiro atoms. The molecular weight excluding hydrogens is 198 g/mol. The van der Waals surface area contributed by atoms with E-state index in [1.807, 2.05) is 0 Å². The molecule has 0 aliphatic carbocycles. The zero-order valence-electron chi connectivity index (χ0n) is 7.89. The van der Waals surface area contributed by atoms with E-state index in [9.17, 15) is 4.79 Å². The SMILES string of the molecule is Cc1nc2c(c3nncn13)OCC(=O)N2. The van der Waals surface area contributed by atoms with Gasteiger partial charge in [-0.3, -0.25) is 9.20 Å². The number of anilines is 1. The van der Waals surface area contributed by atoms with Crippen LogP contribution >= 0.6 is 0 Å². The van der Waals surface area contributed by atoms with Crippen LogP contribution in [0.1, 0.15) is 5.82 Å². The highest BCUT2D eigenvalue weighted by atomic mass is 16.5. The predicted octanol–water partition coefficient (Wildman–Crippen LogP) is -0.236.